The normalized spacial score (nSPS) is 29.6. The van der Waals surface area contributed by atoms with Gasteiger partial charge in [-0.05, 0) is 12.1 Å². The predicted octanol–water partition coefficient (Wildman–Crippen LogP) is 0.522. The van der Waals surface area contributed by atoms with Gasteiger partial charge in [-0.25, -0.2) is 4.98 Å². The van der Waals surface area contributed by atoms with Gasteiger partial charge in [-0.1, -0.05) is 23.4 Å². The van der Waals surface area contributed by atoms with Crippen molar-refractivity contribution in [2.75, 3.05) is 19.7 Å². The fourth-order valence-electron chi connectivity index (χ4n) is 1.61. The summed E-state index contributed by atoms with van der Waals surface area (Å²) in [6.07, 6.45) is 1.57. The minimum Gasteiger partial charge on any atom is -0.393 e. The van der Waals surface area contributed by atoms with Crippen LogP contribution in [0.3, 0.4) is 0 Å². The zero-order valence-electron chi connectivity index (χ0n) is 8.56. The highest BCUT2D eigenvalue weighted by atomic mass is 35.5. The molecule has 1 saturated heterocycles. The minimum atomic E-state index is -1.06. The third-order valence-corrected chi connectivity index (χ3v) is 4.19. The van der Waals surface area contributed by atoms with Crippen LogP contribution in [-0.4, -0.2) is 45.7 Å². The van der Waals surface area contributed by atoms with Crippen LogP contribution < -0.4 is 5.32 Å². The largest absolute Gasteiger partial charge is 0.393 e. The van der Waals surface area contributed by atoms with Gasteiger partial charge in [0, 0.05) is 19.3 Å². The zero-order valence-corrected chi connectivity index (χ0v) is 10.1. The van der Waals surface area contributed by atoms with Gasteiger partial charge in [0.1, 0.15) is 5.60 Å². The molecule has 1 fully saturated rings. The monoisotopic (exact) mass is 260 g/mol. The van der Waals surface area contributed by atoms with Crippen molar-refractivity contribution in [3.8, 4) is 0 Å². The number of hydrogen-bond acceptors (Lipinski definition) is 5. The van der Waals surface area contributed by atoms with Crippen LogP contribution in [0.15, 0.2) is 23.4 Å². The van der Waals surface area contributed by atoms with E-state index in [1.165, 1.54) is 11.8 Å². The second-order valence-corrected chi connectivity index (χ2v) is 5.47. The Hall–Kier alpha value is -0.330. The van der Waals surface area contributed by atoms with Gasteiger partial charge >= 0.3 is 0 Å². The number of nitrogens with zero attached hydrogens (tertiary/aromatic N) is 1. The maximum absolute atomic E-state index is 10.1. The van der Waals surface area contributed by atoms with Crippen molar-refractivity contribution in [1.29, 1.82) is 0 Å². The van der Waals surface area contributed by atoms with Crippen molar-refractivity contribution < 1.29 is 10.2 Å². The molecule has 0 aliphatic carbocycles. The van der Waals surface area contributed by atoms with E-state index in [2.05, 4.69) is 10.3 Å². The number of aliphatic hydroxyl groups excluding tert-OH is 1. The minimum absolute atomic E-state index is 0.0915. The first kappa shape index (κ1) is 12.1. The average Bonchev–Trinajstić information content (AvgIpc) is 2.65. The molecule has 0 unspecified atom stereocenters. The lowest BCUT2D eigenvalue weighted by molar-refractivity contribution is 0.00748. The fraction of sp³-hybridized carbons (Fsp3) is 0.500. The topological polar surface area (TPSA) is 65.4 Å². The van der Waals surface area contributed by atoms with Crippen LogP contribution in [0.4, 0.5) is 0 Å². The first-order chi connectivity index (χ1) is 7.64. The Morgan fingerprint density at radius 1 is 1.62 bits per heavy atom. The van der Waals surface area contributed by atoms with Crippen molar-refractivity contribution in [2.45, 2.75) is 15.9 Å². The van der Waals surface area contributed by atoms with E-state index in [0.29, 0.717) is 18.1 Å². The number of nitrogens with one attached hydrogen (secondary N) is 1. The Kier molecular flexibility index (Phi) is 3.71. The number of aromatic nitrogens is 1. The van der Waals surface area contributed by atoms with E-state index in [9.17, 15) is 10.2 Å². The molecule has 2 rings (SSSR count). The van der Waals surface area contributed by atoms with Crippen molar-refractivity contribution in [3.63, 3.8) is 0 Å². The van der Waals surface area contributed by atoms with Gasteiger partial charge < -0.3 is 15.5 Å². The van der Waals surface area contributed by atoms with Crippen LogP contribution in [0.25, 0.3) is 0 Å². The van der Waals surface area contributed by atoms with Gasteiger partial charge in [0.15, 0.2) is 0 Å². The lowest BCUT2D eigenvalue weighted by Gasteiger charge is -2.25. The molecule has 0 spiro atoms. The number of aliphatic hydroxyl groups is 2. The molecule has 6 heteroatoms. The van der Waals surface area contributed by atoms with Crippen LogP contribution >= 0.6 is 23.4 Å². The summed E-state index contributed by atoms with van der Waals surface area (Å²) in [7, 11) is 0. The Balaban J connectivity index is 2.07. The van der Waals surface area contributed by atoms with Gasteiger partial charge in [-0.2, -0.15) is 0 Å². The summed E-state index contributed by atoms with van der Waals surface area (Å²) in [6.45, 7) is 0.825. The third kappa shape index (κ3) is 2.49. The Labute approximate surface area is 103 Å². The Bertz CT molecular complexity index is 362. The van der Waals surface area contributed by atoms with Crippen molar-refractivity contribution in [2.24, 2.45) is 0 Å². The second kappa shape index (κ2) is 4.89. The molecule has 1 aliphatic heterocycles. The lowest BCUT2D eigenvalue weighted by Crippen LogP contribution is -2.43. The molecular weight excluding hydrogens is 248 g/mol. The van der Waals surface area contributed by atoms with Crippen LogP contribution in [0.2, 0.25) is 5.02 Å². The quantitative estimate of drug-likeness (QED) is 0.740. The highest BCUT2D eigenvalue weighted by Crippen LogP contribution is 2.31. The van der Waals surface area contributed by atoms with Crippen molar-refractivity contribution in [1.82, 2.24) is 10.3 Å². The molecule has 3 N–H and O–H groups in total. The van der Waals surface area contributed by atoms with Crippen molar-refractivity contribution in [3.05, 3.63) is 23.4 Å². The smallest absolute Gasteiger partial charge is 0.113 e. The van der Waals surface area contributed by atoms with E-state index < -0.39 is 5.60 Å². The third-order valence-electron chi connectivity index (χ3n) is 2.60. The van der Waals surface area contributed by atoms with E-state index in [4.69, 9.17) is 11.6 Å². The molecule has 1 aromatic rings. The number of thioether (sulfide) groups is 1. The van der Waals surface area contributed by atoms with Crippen LogP contribution in [-0.2, 0) is 0 Å². The molecule has 1 aliphatic rings. The molecule has 0 bridgehead atoms. The van der Waals surface area contributed by atoms with E-state index >= 15 is 0 Å². The van der Waals surface area contributed by atoms with Gasteiger partial charge in [-0.15, -0.1) is 0 Å². The average molecular weight is 261 g/mol. The van der Waals surface area contributed by atoms with Gasteiger partial charge in [0.2, 0.25) is 0 Å². The summed E-state index contributed by atoms with van der Waals surface area (Å²) >= 11 is 7.19. The maximum Gasteiger partial charge on any atom is 0.113 e. The zero-order chi connectivity index (χ0) is 11.6. The summed E-state index contributed by atoms with van der Waals surface area (Å²) in [6, 6.07) is 3.57. The summed E-state index contributed by atoms with van der Waals surface area (Å²) in [5, 5.41) is 23.6. The van der Waals surface area contributed by atoms with E-state index in [-0.39, 0.29) is 11.9 Å². The SMILES string of the molecule is OC[C@@]1(O)CNC[C@@H]1Sc1ccc(Cl)cn1. The van der Waals surface area contributed by atoms with Crippen LogP contribution in [0.5, 0.6) is 0 Å². The first-order valence-electron chi connectivity index (χ1n) is 4.96. The molecular formula is C10H13ClN2O2S. The molecule has 1 aromatic heterocycles. The Morgan fingerprint density at radius 3 is 3.06 bits per heavy atom. The number of hydrogen-bond donors (Lipinski definition) is 3. The second-order valence-electron chi connectivity index (χ2n) is 3.81. The molecule has 16 heavy (non-hydrogen) atoms. The molecule has 2 atom stereocenters. The van der Waals surface area contributed by atoms with E-state index in [0.717, 1.165) is 5.03 Å². The number of rotatable bonds is 3. The number of halogens is 1. The highest BCUT2D eigenvalue weighted by molar-refractivity contribution is 8.00. The highest BCUT2D eigenvalue weighted by Gasteiger charge is 2.41. The van der Waals surface area contributed by atoms with Gasteiger partial charge in [-0.3, -0.25) is 0 Å². The molecule has 88 valence electrons. The summed E-state index contributed by atoms with van der Waals surface area (Å²) < 4.78 is 0. The summed E-state index contributed by atoms with van der Waals surface area (Å²) in [4.78, 5) is 4.15. The molecule has 0 radical (unpaired) electrons. The van der Waals surface area contributed by atoms with E-state index in [1.807, 2.05) is 6.07 Å². The first-order valence-corrected chi connectivity index (χ1v) is 6.22. The van der Waals surface area contributed by atoms with Crippen LogP contribution in [0.1, 0.15) is 0 Å². The van der Waals surface area contributed by atoms with Crippen molar-refractivity contribution >= 4 is 23.4 Å². The molecule has 2 heterocycles. The van der Waals surface area contributed by atoms with E-state index in [1.54, 1.807) is 12.3 Å². The molecule has 0 amide bonds. The summed E-state index contributed by atoms with van der Waals surface area (Å²) in [5.74, 6) is 0. The molecule has 0 saturated carbocycles. The Morgan fingerprint density at radius 2 is 2.44 bits per heavy atom. The number of β-amino-alcohol motifs (C(OH)–C–C–N with tert-alkyl or cyclic N) is 1. The fourth-order valence-corrected chi connectivity index (χ4v) is 2.85. The molecule has 4 nitrogen and oxygen atoms in total. The predicted molar refractivity (Wildman–Crippen MR) is 63.8 cm³/mol. The summed E-state index contributed by atoms with van der Waals surface area (Å²) in [5.41, 5.74) is -1.06. The maximum atomic E-state index is 10.1. The van der Waals surface area contributed by atoms with Gasteiger partial charge in [0.25, 0.3) is 0 Å². The van der Waals surface area contributed by atoms with Gasteiger partial charge in [0.05, 0.1) is 21.9 Å². The number of pyridine rings is 1. The molecule has 0 aromatic carbocycles. The lowest BCUT2D eigenvalue weighted by atomic mass is 10.1. The standard InChI is InChI=1S/C10H13ClN2O2S/c11-7-1-2-9(13-3-7)16-8-4-12-5-10(8,15)6-14/h1-3,8,12,14-15H,4-6H2/t8-,10-/m0/s1. The van der Waals surface area contributed by atoms with Crippen LogP contribution in [0, 0.1) is 0 Å².